The van der Waals surface area contributed by atoms with E-state index >= 15 is 0 Å². The lowest BCUT2D eigenvalue weighted by atomic mass is 10.1. The van der Waals surface area contributed by atoms with E-state index in [2.05, 4.69) is 36.3 Å². The predicted molar refractivity (Wildman–Crippen MR) is 105 cm³/mol. The van der Waals surface area contributed by atoms with Gasteiger partial charge in [-0.1, -0.05) is 15.9 Å². The Kier molecular flexibility index (Phi) is 5.11. The lowest BCUT2D eigenvalue weighted by Gasteiger charge is -2.28. The Hall–Kier alpha value is -2.39. The van der Waals surface area contributed by atoms with Gasteiger partial charge >= 0.3 is 6.18 Å². The second-order valence-electron chi connectivity index (χ2n) is 6.36. The minimum Gasteiger partial charge on any atom is -0.378 e. The molecule has 1 aliphatic heterocycles. The second kappa shape index (κ2) is 7.56. The molecule has 1 fully saturated rings. The molecule has 146 valence electrons. The summed E-state index contributed by atoms with van der Waals surface area (Å²) in [4.78, 5) is 2.12. The van der Waals surface area contributed by atoms with Crippen molar-refractivity contribution in [2.45, 2.75) is 6.18 Å². The molecule has 0 atom stereocenters. The van der Waals surface area contributed by atoms with Gasteiger partial charge in [0, 0.05) is 34.0 Å². The monoisotopic (exact) mass is 452 g/mol. The first-order valence-electron chi connectivity index (χ1n) is 8.65. The third-order valence-electron chi connectivity index (χ3n) is 4.51. The summed E-state index contributed by atoms with van der Waals surface area (Å²) in [5.74, 6) is 1.25. The number of fused-ring (bicyclic) bond motifs is 1. The molecule has 9 heteroatoms. The molecule has 1 aromatic heterocycles. The largest absolute Gasteiger partial charge is 0.416 e. The van der Waals surface area contributed by atoms with E-state index in [9.17, 15) is 13.2 Å². The predicted octanol–water partition coefficient (Wildman–Crippen LogP) is 4.99. The van der Waals surface area contributed by atoms with Gasteiger partial charge in [0.2, 0.25) is 0 Å². The standard InChI is InChI=1S/C19H16BrF3N4O/c20-13-3-6-15-16(11-13)18(27-7-9-28-10-8-27)26-25-17(15)24-14-4-1-12(2-5-14)19(21,22)23/h1-6,11H,7-10H2,(H,24,25). The fourth-order valence-corrected chi connectivity index (χ4v) is 3.45. The van der Waals surface area contributed by atoms with Gasteiger partial charge < -0.3 is 15.0 Å². The molecule has 0 aliphatic carbocycles. The average molecular weight is 453 g/mol. The lowest BCUT2D eigenvalue weighted by molar-refractivity contribution is -0.137. The fraction of sp³-hybridized carbons (Fsp3) is 0.263. The SMILES string of the molecule is FC(F)(F)c1ccc(Nc2nnc(N3CCOCC3)c3cc(Br)ccc23)cc1. The number of anilines is 3. The van der Waals surface area contributed by atoms with Crippen molar-refractivity contribution in [3.63, 3.8) is 0 Å². The topological polar surface area (TPSA) is 50.3 Å². The highest BCUT2D eigenvalue weighted by molar-refractivity contribution is 9.10. The molecule has 1 N–H and O–H groups in total. The fourth-order valence-electron chi connectivity index (χ4n) is 3.09. The zero-order valence-electron chi connectivity index (χ0n) is 14.6. The minimum atomic E-state index is -4.36. The maximum atomic E-state index is 12.8. The molecule has 0 saturated carbocycles. The van der Waals surface area contributed by atoms with Gasteiger partial charge in [-0.15, -0.1) is 10.2 Å². The Balaban J connectivity index is 1.70. The van der Waals surface area contributed by atoms with E-state index in [1.54, 1.807) is 0 Å². The second-order valence-corrected chi connectivity index (χ2v) is 7.28. The Morgan fingerprint density at radius 2 is 1.68 bits per heavy atom. The van der Waals surface area contributed by atoms with Gasteiger partial charge in [0.25, 0.3) is 0 Å². The van der Waals surface area contributed by atoms with Crippen LogP contribution in [-0.2, 0) is 10.9 Å². The molecule has 4 rings (SSSR count). The Bertz CT molecular complexity index is 989. The summed E-state index contributed by atoms with van der Waals surface area (Å²) in [5.41, 5.74) is -0.189. The molecular weight excluding hydrogens is 437 g/mol. The van der Waals surface area contributed by atoms with E-state index in [1.807, 2.05) is 18.2 Å². The minimum absolute atomic E-state index is 0.485. The van der Waals surface area contributed by atoms with E-state index in [4.69, 9.17) is 4.74 Å². The van der Waals surface area contributed by atoms with Gasteiger partial charge in [-0.05, 0) is 42.5 Å². The lowest BCUT2D eigenvalue weighted by Crippen LogP contribution is -2.37. The van der Waals surface area contributed by atoms with Crippen LogP contribution in [0.25, 0.3) is 10.8 Å². The Labute approximate surface area is 167 Å². The normalized spacial score (nSPS) is 15.1. The van der Waals surface area contributed by atoms with Crippen LogP contribution in [0, 0.1) is 0 Å². The summed E-state index contributed by atoms with van der Waals surface area (Å²) in [6, 6.07) is 10.6. The zero-order chi connectivity index (χ0) is 19.7. The molecule has 1 saturated heterocycles. The van der Waals surface area contributed by atoms with Crippen LogP contribution >= 0.6 is 15.9 Å². The first-order chi connectivity index (χ1) is 13.4. The summed E-state index contributed by atoms with van der Waals surface area (Å²) < 4.78 is 44.6. The first-order valence-corrected chi connectivity index (χ1v) is 9.44. The summed E-state index contributed by atoms with van der Waals surface area (Å²) in [7, 11) is 0. The highest BCUT2D eigenvalue weighted by Crippen LogP contribution is 2.34. The van der Waals surface area contributed by atoms with Gasteiger partial charge in [-0.25, -0.2) is 0 Å². The van der Waals surface area contributed by atoms with Crippen molar-refractivity contribution in [2.24, 2.45) is 0 Å². The number of alkyl halides is 3. The Morgan fingerprint density at radius 1 is 0.964 bits per heavy atom. The van der Waals surface area contributed by atoms with Crippen molar-refractivity contribution in [3.05, 3.63) is 52.5 Å². The number of rotatable bonds is 3. The summed E-state index contributed by atoms with van der Waals surface area (Å²) >= 11 is 3.49. The number of nitrogens with one attached hydrogen (secondary N) is 1. The molecule has 2 heterocycles. The number of morpholine rings is 1. The number of benzene rings is 2. The van der Waals surface area contributed by atoms with Gasteiger partial charge in [0.05, 0.1) is 18.8 Å². The quantitative estimate of drug-likeness (QED) is 0.606. The molecule has 5 nitrogen and oxygen atoms in total. The highest BCUT2D eigenvalue weighted by atomic mass is 79.9. The number of ether oxygens (including phenoxy) is 1. The van der Waals surface area contributed by atoms with Crippen LogP contribution in [0.15, 0.2) is 46.9 Å². The first kappa shape index (κ1) is 18.9. The van der Waals surface area contributed by atoms with Crippen LogP contribution in [0.2, 0.25) is 0 Å². The van der Waals surface area contributed by atoms with Gasteiger partial charge in [0.1, 0.15) is 0 Å². The third-order valence-corrected chi connectivity index (χ3v) is 5.00. The van der Waals surface area contributed by atoms with Crippen LogP contribution in [0.1, 0.15) is 5.56 Å². The van der Waals surface area contributed by atoms with Crippen LogP contribution in [0.5, 0.6) is 0 Å². The molecule has 0 amide bonds. The van der Waals surface area contributed by atoms with E-state index in [0.29, 0.717) is 24.7 Å². The molecule has 0 unspecified atom stereocenters. The molecule has 0 radical (unpaired) electrons. The molecule has 2 aromatic carbocycles. The van der Waals surface area contributed by atoms with E-state index < -0.39 is 11.7 Å². The van der Waals surface area contributed by atoms with E-state index in [0.717, 1.165) is 46.3 Å². The molecule has 28 heavy (non-hydrogen) atoms. The number of nitrogens with zero attached hydrogens (tertiary/aromatic N) is 3. The van der Waals surface area contributed by atoms with Crippen LogP contribution in [0.3, 0.4) is 0 Å². The van der Waals surface area contributed by atoms with E-state index in [-0.39, 0.29) is 0 Å². The van der Waals surface area contributed by atoms with Crippen molar-refractivity contribution < 1.29 is 17.9 Å². The molecule has 0 bridgehead atoms. The third kappa shape index (κ3) is 3.90. The van der Waals surface area contributed by atoms with E-state index in [1.165, 1.54) is 12.1 Å². The van der Waals surface area contributed by atoms with Crippen molar-refractivity contribution in [1.82, 2.24) is 10.2 Å². The van der Waals surface area contributed by atoms with Crippen LogP contribution in [-0.4, -0.2) is 36.5 Å². The maximum Gasteiger partial charge on any atom is 0.416 e. The summed E-state index contributed by atoms with van der Waals surface area (Å²) in [6.45, 7) is 2.70. The van der Waals surface area contributed by atoms with Crippen LogP contribution < -0.4 is 10.2 Å². The maximum absolute atomic E-state index is 12.8. The molecule has 1 aliphatic rings. The number of hydrogen-bond donors (Lipinski definition) is 1. The van der Waals surface area contributed by atoms with Crippen molar-refractivity contribution in [3.8, 4) is 0 Å². The average Bonchev–Trinajstić information content (AvgIpc) is 2.68. The number of halogens is 4. The van der Waals surface area contributed by atoms with Crippen molar-refractivity contribution in [2.75, 3.05) is 36.5 Å². The smallest absolute Gasteiger partial charge is 0.378 e. The molecule has 0 spiro atoms. The van der Waals surface area contributed by atoms with Gasteiger partial charge in [-0.2, -0.15) is 13.2 Å². The summed E-state index contributed by atoms with van der Waals surface area (Å²) in [5, 5.41) is 13.5. The molecular formula is C19H16BrF3N4O. The summed E-state index contributed by atoms with van der Waals surface area (Å²) in [6.07, 6.45) is -4.36. The number of aromatic nitrogens is 2. The van der Waals surface area contributed by atoms with Crippen LogP contribution in [0.4, 0.5) is 30.5 Å². The number of hydrogen-bond acceptors (Lipinski definition) is 5. The van der Waals surface area contributed by atoms with Gasteiger partial charge in [0.15, 0.2) is 11.6 Å². The van der Waals surface area contributed by atoms with Crippen molar-refractivity contribution in [1.29, 1.82) is 0 Å². The van der Waals surface area contributed by atoms with Crippen molar-refractivity contribution >= 4 is 44.0 Å². The van der Waals surface area contributed by atoms with Gasteiger partial charge in [-0.3, -0.25) is 0 Å². The Morgan fingerprint density at radius 3 is 2.36 bits per heavy atom. The zero-order valence-corrected chi connectivity index (χ0v) is 16.2. The highest BCUT2D eigenvalue weighted by Gasteiger charge is 2.30. The molecule has 3 aromatic rings.